The number of halogens is 1. The molecule has 2 aromatic carbocycles. The first kappa shape index (κ1) is 14.6. The highest BCUT2D eigenvalue weighted by atomic mass is 19.1. The normalized spacial score (nSPS) is 12.4. The van der Waals surface area contributed by atoms with Crippen LogP contribution in [0.2, 0.25) is 0 Å². The van der Waals surface area contributed by atoms with Crippen molar-refractivity contribution in [3.8, 4) is 0 Å². The van der Waals surface area contributed by atoms with Crippen molar-refractivity contribution in [2.45, 2.75) is 39.2 Å². The molecule has 2 heteroatoms. The van der Waals surface area contributed by atoms with Crippen LogP contribution in [0.1, 0.15) is 37.8 Å². The Balaban J connectivity index is 2.06. The molecular formula is C18H22FN. The molecule has 1 nitrogen and oxygen atoms in total. The zero-order valence-electron chi connectivity index (χ0n) is 12.4. The van der Waals surface area contributed by atoms with Crippen LogP contribution in [0, 0.1) is 5.82 Å². The Morgan fingerprint density at radius 3 is 2.45 bits per heavy atom. The third-order valence-electron chi connectivity index (χ3n) is 3.42. The summed E-state index contributed by atoms with van der Waals surface area (Å²) in [6.07, 6.45) is 0.810. The standard InChI is InChI=1S/C18H22FN/c1-13(2)17-9-4-5-10-18(17)20-14(3)11-15-7-6-8-16(19)12-15/h4-10,12-14,20H,11H2,1-3H3. The molecule has 0 saturated heterocycles. The first-order chi connectivity index (χ1) is 9.56. The maximum absolute atomic E-state index is 13.2. The van der Waals surface area contributed by atoms with Crippen LogP contribution in [0.25, 0.3) is 0 Å². The summed E-state index contributed by atoms with van der Waals surface area (Å²) in [6.45, 7) is 6.51. The lowest BCUT2D eigenvalue weighted by Crippen LogP contribution is -2.19. The Kier molecular flexibility index (Phi) is 4.78. The lowest BCUT2D eigenvalue weighted by Gasteiger charge is -2.20. The summed E-state index contributed by atoms with van der Waals surface area (Å²) in [4.78, 5) is 0. The second-order valence-electron chi connectivity index (χ2n) is 5.62. The highest BCUT2D eigenvalue weighted by molar-refractivity contribution is 5.53. The molecule has 1 unspecified atom stereocenters. The Bertz CT molecular complexity index is 563. The maximum Gasteiger partial charge on any atom is 0.123 e. The van der Waals surface area contributed by atoms with Crippen molar-refractivity contribution in [2.24, 2.45) is 0 Å². The molecule has 20 heavy (non-hydrogen) atoms. The van der Waals surface area contributed by atoms with Gasteiger partial charge in [0.25, 0.3) is 0 Å². The quantitative estimate of drug-likeness (QED) is 0.807. The lowest BCUT2D eigenvalue weighted by molar-refractivity contribution is 0.624. The second kappa shape index (κ2) is 6.56. The van der Waals surface area contributed by atoms with Crippen molar-refractivity contribution < 1.29 is 4.39 Å². The highest BCUT2D eigenvalue weighted by Crippen LogP contribution is 2.24. The first-order valence-electron chi connectivity index (χ1n) is 7.16. The maximum atomic E-state index is 13.2. The molecule has 0 aliphatic rings. The average Bonchev–Trinajstić information content (AvgIpc) is 2.38. The van der Waals surface area contributed by atoms with E-state index in [4.69, 9.17) is 0 Å². The summed E-state index contributed by atoms with van der Waals surface area (Å²) in [6, 6.07) is 15.5. The Morgan fingerprint density at radius 1 is 1.00 bits per heavy atom. The minimum absolute atomic E-state index is 0.169. The molecule has 0 saturated carbocycles. The number of nitrogens with one attached hydrogen (secondary N) is 1. The van der Waals surface area contributed by atoms with Gasteiger partial charge in [-0.15, -0.1) is 0 Å². The van der Waals surface area contributed by atoms with Gasteiger partial charge in [-0.1, -0.05) is 44.2 Å². The van der Waals surface area contributed by atoms with Crippen LogP contribution >= 0.6 is 0 Å². The van der Waals surface area contributed by atoms with E-state index in [0.717, 1.165) is 12.0 Å². The number of hydrogen-bond acceptors (Lipinski definition) is 1. The number of rotatable bonds is 5. The number of anilines is 1. The minimum Gasteiger partial charge on any atom is -0.382 e. The molecule has 0 fully saturated rings. The summed E-state index contributed by atoms with van der Waals surface area (Å²) in [5.41, 5.74) is 3.51. The molecule has 0 heterocycles. The Morgan fingerprint density at radius 2 is 1.75 bits per heavy atom. The van der Waals surface area contributed by atoms with Crippen LogP contribution in [0.15, 0.2) is 48.5 Å². The molecule has 0 aromatic heterocycles. The third-order valence-corrected chi connectivity index (χ3v) is 3.42. The van der Waals surface area contributed by atoms with E-state index in [9.17, 15) is 4.39 Å². The predicted octanol–water partition coefficient (Wildman–Crippen LogP) is 4.99. The molecule has 0 bridgehead atoms. The third kappa shape index (κ3) is 3.83. The fourth-order valence-electron chi connectivity index (χ4n) is 2.47. The average molecular weight is 271 g/mol. The van der Waals surface area contributed by atoms with Crippen molar-refractivity contribution in [1.29, 1.82) is 0 Å². The van der Waals surface area contributed by atoms with Gasteiger partial charge in [-0.3, -0.25) is 0 Å². The van der Waals surface area contributed by atoms with E-state index >= 15 is 0 Å². The first-order valence-corrected chi connectivity index (χ1v) is 7.16. The van der Waals surface area contributed by atoms with Gasteiger partial charge in [-0.25, -0.2) is 4.39 Å². The van der Waals surface area contributed by atoms with Gasteiger partial charge in [0.15, 0.2) is 0 Å². The SMILES string of the molecule is CC(Cc1cccc(F)c1)Nc1ccccc1C(C)C. The number of hydrogen-bond donors (Lipinski definition) is 1. The van der Waals surface area contributed by atoms with E-state index in [1.54, 1.807) is 12.1 Å². The van der Waals surface area contributed by atoms with Gasteiger partial charge in [-0.2, -0.15) is 0 Å². The fraction of sp³-hybridized carbons (Fsp3) is 0.333. The second-order valence-corrected chi connectivity index (χ2v) is 5.62. The summed E-state index contributed by atoms with van der Waals surface area (Å²) < 4.78 is 13.2. The lowest BCUT2D eigenvalue weighted by atomic mass is 10.00. The van der Waals surface area contributed by atoms with E-state index in [-0.39, 0.29) is 11.9 Å². The smallest absolute Gasteiger partial charge is 0.123 e. The van der Waals surface area contributed by atoms with E-state index in [2.05, 4.69) is 44.3 Å². The van der Waals surface area contributed by atoms with Crippen LogP contribution < -0.4 is 5.32 Å². The van der Waals surface area contributed by atoms with Crippen LogP contribution in [0.5, 0.6) is 0 Å². The summed E-state index contributed by atoms with van der Waals surface area (Å²) in [5, 5.41) is 3.54. The zero-order valence-corrected chi connectivity index (χ0v) is 12.4. The zero-order chi connectivity index (χ0) is 14.5. The van der Waals surface area contributed by atoms with Crippen molar-refractivity contribution >= 4 is 5.69 Å². The van der Waals surface area contributed by atoms with Gasteiger partial charge in [0.2, 0.25) is 0 Å². The molecule has 106 valence electrons. The Labute approximate surface area is 120 Å². The van der Waals surface area contributed by atoms with Crippen molar-refractivity contribution in [1.82, 2.24) is 0 Å². The van der Waals surface area contributed by atoms with Gasteiger partial charge < -0.3 is 5.32 Å². The van der Waals surface area contributed by atoms with Crippen LogP contribution in [-0.4, -0.2) is 6.04 Å². The van der Waals surface area contributed by atoms with Gasteiger partial charge in [-0.05, 0) is 48.6 Å². The molecule has 0 spiro atoms. The molecular weight excluding hydrogens is 249 g/mol. The Hall–Kier alpha value is -1.83. The van der Waals surface area contributed by atoms with E-state index in [0.29, 0.717) is 5.92 Å². The number of benzene rings is 2. The van der Waals surface area contributed by atoms with Crippen molar-refractivity contribution in [3.63, 3.8) is 0 Å². The molecule has 2 rings (SSSR count). The van der Waals surface area contributed by atoms with Gasteiger partial charge in [0.05, 0.1) is 0 Å². The van der Waals surface area contributed by atoms with Gasteiger partial charge in [0.1, 0.15) is 5.82 Å². The number of para-hydroxylation sites is 1. The van der Waals surface area contributed by atoms with E-state index in [1.165, 1.54) is 17.3 Å². The molecule has 0 amide bonds. The predicted molar refractivity (Wildman–Crippen MR) is 83.7 cm³/mol. The molecule has 0 aliphatic carbocycles. The van der Waals surface area contributed by atoms with Crippen LogP contribution in [0.3, 0.4) is 0 Å². The van der Waals surface area contributed by atoms with Crippen LogP contribution in [0.4, 0.5) is 10.1 Å². The van der Waals surface area contributed by atoms with Crippen LogP contribution in [-0.2, 0) is 6.42 Å². The molecule has 0 aliphatic heterocycles. The topological polar surface area (TPSA) is 12.0 Å². The van der Waals surface area contributed by atoms with Crippen molar-refractivity contribution in [2.75, 3.05) is 5.32 Å². The molecule has 2 aromatic rings. The summed E-state index contributed by atoms with van der Waals surface area (Å²) >= 11 is 0. The highest BCUT2D eigenvalue weighted by Gasteiger charge is 2.09. The molecule has 1 atom stereocenters. The fourth-order valence-corrected chi connectivity index (χ4v) is 2.47. The van der Waals surface area contributed by atoms with Gasteiger partial charge >= 0.3 is 0 Å². The van der Waals surface area contributed by atoms with Crippen molar-refractivity contribution in [3.05, 3.63) is 65.5 Å². The molecule has 0 radical (unpaired) electrons. The monoisotopic (exact) mass is 271 g/mol. The largest absolute Gasteiger partial charge is 0.382 e. The van der Waals surface area contributed by atoms with E-state index in [1.807, 2.05) is 12.1 Å². The van der Waals surface area contributed by atoms with Gasteiger partial charge in [0, 0.05) is 11.7 Å². The minimum atomic E-state index is -0.169. The summed E-state index contributed by atoms with van der Waals surface area (Å²) in [7, 11) is 0. The molecule has 1 N–H and O–H groups in total. The van der Waals surface area contributed by atoms with E-state index < -0.39 is 0 Å². The summed E-state index contributed by atoms with van der Waals surface area (Å²) in [5.74, 6) is 0.317.